The number of likely N-dealkylation sites (tertiary alicyclic amines) is 1. The second-order valence-corrected chi connectivity index (χ2v) is 10.4. The lowest BCUT2D eigenvalue weighted by molar-refractivity contribution is -0.152. The lowest BCUT2D eigenvalue weighted by Crippen LogP contribution is -2.60. The monoisotopic (exact) mass is 451 g/mol. The van der Waals surface area contributed by atoms with E-state index in [1.165, 1.54) is 0 Å². The third-order valence-electron chi connectivity index (χ3n) is 8.49. The number of carbonyl (C=O) groups is 3. The number of fused-ring (bicyclic) bond motifs is 1. The minimum absolute atomic E-state index is 0.00772. The van der Waals surface area contributed by atoms with Crippen LogP contribution in [-0.4, -0.2) is 70.7 Å². The number of ether oxygens (including phenoxy) is 1. The molecular formula is C24H41N3O5. The molecule has 3 fully saturated rings. The smallest absolute Gasteiger partial charge is 0.246 e. The van der Waals surface area contributed by atoms with E-state index in [0.29, 0.717) is 6.42 Å². The van der Waals surface area contributed by atoms with Gasteiger partial charge in [0.15, 0.2) is 0 Å². The number of rotatable bonds is 9. The highest BCUT2D eigenvalue weighted by Gasteiger charge is 2.80. The summed E-state index contributed by atoms with van der Waals surface area (Å²) in [5.41, 5.74) is -1.88. The molecule has 1 spiro atoms. The first-order chi connectivity index (χ1) is 15.0. The molecule has 0 aliphatic carbocycles. The van der Waals surface area contributed by atoms with Crippen molar-refractivity contribution < 1.29 is 24.2 Å². The topological polar surface area (TPSA) is 108 Å². The summed E-state index contributed by atoms with van der Waals surface area (Å²) in [5, 5.41) is 16.1. The minimum Gasteiger partial charge on any atom is -0.394 e. The lowest BCUT2D eigenvalue weighted by atomic mass is 9.62. The Bertz CT molecular complexity index is 760. The minimum atomic E-state index is -1.07. The maximum atomic E-state index is 14.0. The quantitative estimate of drug-likeness (QED) is 0.492. The van der Waals surface area contributed by atoms with Crippen molar-refractivity contribution in [2.45, 2.75) is 96.6 Å². The fraction of sp³-hybridized carbons (Fsp3) is 0.875. The summed E-state index contributed by atoms with van der Waals surface area (Å²) in [6.07, 6.45) is 3.04. The Morgan fingerprint density at radius 3 is 2.47 bits per heavy atom. The molecule has 0 radical (unpaired) electrons. The number of amides is 3. The summed E-state index contributed by atoms with van der Waals surface area (Å²) in [6, 6.07) is -1.43. The molecule has 0 aromatic heterocycles. The van der Waals surface area contributed by atoms with Gasteiger partial charge in [-0.2, -0.15) is 0 Å². The molecule has 0 aromatic rings. The van der Waals surface area contributed by atoms with Gasteiger partial charge in [0.2, 0.25) is 17.7 Å². The molecule has 0 saturated carbocycles. The van der Waals surface area contributed by atoms with Crippen molar-refractivity contribution in [2.75, 3.05) is 13.7 Å². The van der Waals surface area contributed by atoms with Crippen molar-refractivity contribution in [2.24, 2.45) is 23.7 Å². The van der Waals surface area contributed by atoms with Crippen LogP contribution in [0.4, 0.5) is 0 Å². The van der Waals surface area contributed by atoms with Crippen LogP contribution in [0.2, 0.25) is 0 Å². The van der Waals surface area contributed by atoms with E-state index in [0.717, 1.165) is 19.3 Å². The van der Waals surface area contributed by atoms with Crippen LogP contribution in [-0.2, 0) is 19.1 Å². The molecular weight excluding hydrogens is 410 g/mol. The van der Waals surface area contributed by atoms with Gasteiger partial charge in [-0.25, -0.2) is 0 Å². The maximum Gasteiger partial charge on any atom is 0.246 e. The SMILES string of the molecule is CCCC(C)NC(=O)C1N([C@@H](CO)[C@@H](C)CC)C(=O)[C@@H]2[C@H](C(=O)NC)[C@@]3(C)OC12CC3C. The normalized spacial score (nSPS) is 38.4. The third-order valence-corrected chi connectivity index (χ3v) is 8.49. The van der Waals surface area contributed by atoms with Crippen molar-refractivity contribution in [1.29, 1.82) is 0 Å². The molecule has 3 rings (SSSR count). The van der Waals surface area contributed by atoms with E-state index in [-0.39, 0.29) is 42.2 Å². The van der Waals surface area contributed by atoms with E-state index < -0.39 is 35.1 Å². The molecule has 182 valence electrons. The van der Waals surface area contributed by atoms with E-state index in [1.54, 1.807) is 11.9 Å². The number of aliphatic hydroxyl groups is 1. The number of aliphatic hydroxyl groups excluding tert-OH is 1. The van der Waals surface area contributed by atoms with E-state index in [9.17, 15) is 19.5 Å². The van der Waals surface area contributed by atoms with Crippen LogP contribution >= 0.6 is 0 Å². The molecule has 3 aliphatic rings. The molecule has 2 bridgehead atoms. The first kappa shape index (κ1) is 25.0. The number of carbonyl (C=O) groups excluding carboxylic acids is 3. The van der Waals surface area contributed by atoms with Gasteiger partial charge in [-0.05, 0) is 38.5 Å². The van der Waals surface area contributed by atoms with E-state index in [4.69, 9.17) is 4.74 Å². The fourth-order valence-corrected chi connectivity index (χ4v) is 6.53. The summed E-state index contributed by atoms with van der Waals surface area (Å²) in [7, 11) is 1.57. The Morgan fingerprint density at radius 2 is 1.94 bits per heavy atom. The zero-order chi connectivity index (χ0) is 24.0. The molecule has 32 heavy (non-hydrogen) atoms. The van der Waals surface area contributed by atoms with Gasteiger partial charge in [0.1, 0.15) is 11.6 Å². The van der Waals surface area contributed by atoms with Crippen LogP contribution < -0.4 is 10.6 Å². The number of nitrogens with one attached hydrogen (secondary N) is 2. The molecule has 3 amide bonds. The van der Waals surface area contributed by atoms with Crippen molar-refractivity contribution in [3.8, 4) is 0 Å². The highest BCUT2D eigenvalue weighted by Crippen LogP contribution is 2.65. The highest BCUT2D eigenvalue weighted by molar-refractivity contribution is 5.99. The van der Waals surface area contributed by atoms with Crippen molar-refractivity contribution in [3.63, 3.8) is 0 Å². The Hall–Kier alpha value is -1.67. The zero-order valence-electron chi connectivity index (χ0n) is 20.6. The Kier molecular flexibility index (Phi) is 6.97. The number of hydrogen-bond donors (Lipinski definition) is 3. The molecule has 3 saturated heterocycles. The van der Waals surface area contributed by atoms with Crippen LogP contribution in [0, 0.1) is 23.7 Å². The Morgan fingerprint density at radius 1 is 1.28 bits per heavy atom. The largest absolute Gasteiger partial charge is 0.394 e. The third kappa shape index (κ3) is 3.45. The molecule has 9 atom stereocenters. The summed E-state index contributed by atoms with van der Waals surface area (Å²) in [4.78, 5) is 42.3. The fourth-order valence-electron chi connectivity index (χ4n) is 6.53. The van der Waals surface area contributed by atoms with Crippen LogP contribution in [0.15, 0.2) is 0 Å². The van der Waals surface area contributed by atoms with Gasteiger partial charge in [-0.3, -0.25) is 14.4 Å². The Labute approximate surface area is 191 Å². The first-order valence-electron chi connectivity index (χ1n) is 12.2. The summed E-state index contributed by atoms with van der Waals surface area (Å²) < 4.78 is 6.64. The predicted molar refractivity (Wildman–Crippen MR) is 121 cm³/mol. The molecule has 8 nitrogen and oxygen atoms in total. The summed E-state index contributed by atoms with van der Waals surface area (Å²) >= 11 is 0. The van der Waals surface area contributed by atoms with Crippen LogP contribution in [0.5, 0.6) is 0 Å². The van der Waals surface area contributed by atoms with Gasteiger partial charge in [0.25, 0.3) is 0 Å². The Balaban J connectivity index is 2.12. The van der Waals surface area contributed by atoms with E-state index in [2.05, 4.69) is 17.6 Å². The predicted octanol–water partition coefficient (Wildman–Crippen LogP) is 1.45. The molecule has 3 N–H and O–H groups in total. The summed E-state index contributed by atoms with van der Waals surface area (Å²) in [6.45, 7) is 11.7. The van der Waals surface area contributed by atoms with Gasteiger partial charge in [-0.1, -0.05) is 40.5 Å². The number of nitrogens with zero attached hydrogens (tertiary/aromatic N) is 1. The molecule has 3 aliphatic heterocycles. The van der Waals surface area contributed by atoms with E-state index in [1.807, 2.05) is 34.6 Å². The van der Waals surface area contributed by atoms with E-state index >= 15 is 0 Å². The van der Waals surface area contributed by atoms with Gasteiger partial charge in [0, 0.05) is 13.1 Å². The summed E-state index contributed by atoms with van der Waals surface area (Å²) in [5.74, 6) is -2.15. The molecule has 3 heterocycles. The second kappa shape index (κ2) is 8.93. The highest BCUT2D eigenvalue weighted by atomic mass is 16.5. The van der Waals surface area contributed by atoms with Crippen LogP contribution in [0.3, 0.4) is 0 Å². The average molecular weight is 452 g/mol. The van der Waals surface area contributed by atoms with Crippen molar-refractivity contribution in [3.05, 3.63) is 0 Å². The van der Waals surface area contributed by atoms with Gasteiger partial charge >= 0.3 is 0 Å². The molecule has 0 aromatic carbocycles. The second-order valence-electron chi connectivity index (χ2n) is 10.4. The van der Waals surface area contributed by atoms with Gasteiger partial charge in [-0.15, -0.1) is 0 Å². The van der Waals surface area contributed by atoms with Crippen molar-refractivity contribution in [1.82, 2.24) is 15.5 Å². The molecule has 4 unspecified atom stereocenters. The standard InChI is InChI=1S/C24H41N3O5/c1-8-10-15(5)26-21(30)19-24-11-14(4)23(6,32-24)17(20(29)25-7)18(24)22(31)27(19)16(12-28)13(3)9-2/h13-19,28H,8-12H2,1-7H3,(H,25,29)(H,26,30)/t13-,14?,15?,16-,17+,18-,19?,23-,24?/m0/s1. The van der Waals surface area contributed by atoms with Crippen molar-refractivity contribution >= 4 is 17.7 Å². The van der Waals surface area contributed by atoms with Crippen LogP contribution in [0.25, 0.3) is 0 Å². The van der Waals surface area contributed by atoms with Gasteiger partial charge < -0.3 is 25.4 Å². The zero-order valence-corrected chi connectivity index (χ0v) is 20.6. The number of hydrogen-bond acceptors (Lipinski definition) is 5. The average Bonchev–Trinajstić information content (AvgIpc) is 3.25. The first-order valence-corrected chi connectivity index (χ1v) is 12.2. The maximum absolute atomic E-state index is 14.0. The van der Waals surface area contributed by atoms with Crippen LogP contribution in [0.1, 0.15) is 67.2 Å². The van der Waals surface area contributed by atoms with Gasteiger partial charge in [0.05, 0.1) is 30.1 Å². The molecule has 8 heteroatoms. The lowest BCUT2D eigenvalue weighted by Gasteiger charge is -2.39.